The summed E-state index contributed by atoms with van der Waals surface area (Å²) in [7, 11) is 3.35. The fraction of sp³-hybridized carbons (Fsp3) is 0.495. The first-order valence-electron chi connectivity index (χ1n) is 41.8. The monoisotopic (exact) mass is 1510 g/mol. The third kappa shape index (κ3) is 14.3. The third-order valence-electron chi connectivity index (χ3n) is 28.9. The van der Waals surface area contributed by atoms with Crippen molar-refractivity contribution >= 4 is 29.3 Å². The van der Waals surface area contributed by atoms with E-state index in [1.807, 2.05) is 76.1 Å². The Morgan fingerprint density at radius 1 is 0.541 bits per heavy atom. The summed E-state index contributed by atoms with van der Waals surface area (Å²) in [5.74, 6) is 5.96. The Bertz CT molecular complexity index is 4830. The smallest absolute Gasteiger partial charge is 0.229 e. The Morgan fingerprint density at radius 3 is 1.50 bits per heavy atom. The number of carbonyl (C=O) groups is 3. The van der Waals surface area contributed by atoms with E-state index in [0.29, 0.717) is 29.7 Å². The zero-order valence-corrected chi connectivity index (χ0v) is 67.0. The molecule has 11 aliphatic rings. The number of halogens is 1. The Labute approximate surface area is 660 Å². The minimum Gasteiger partial charge on any atom is -0.497 e. The van der Waals surface area contributed by atoms with Gasteiger partial charge in [-0.05, 0) is 274 Å². The highest BCUT2D eigenvalue weighted by Gasteiger charge is 2.60. The molecule has 3 amide bonds. The van der Waals surface area contributed by atoms with Gasteiger partial charge in [-0.3, -0.25) is 19.1 Å². The zero-order chi connectivity index (χ0) is 76.6. The van der Waals surface area contributed by atoms with Gasteiger partial charge in [-0.15, -0.1) is 0 Å². The largest absolute Gasteiger partial charge is 0.497 e. The first kappa shape index (κ1) is 74.9. The second kappa shape index (κ2) is 30.6. The van der Waals surface area contributed by atoms with E-state index in [4.69, 9.17) is 36.4 Å². The molecule has 8 saturated carbocycles. The van der Waals surface area contributed by atoms with Crippen molar-refractivity contribution in [2.24, 2.45) is 57.7 Å². The molecule has 3 aromatic heterocycles. The fourth-order valence-electron chi connectivity index (χ4n) is 23.5. The second-order valence-electron chi connectivity index (χ2n) is 36.2. The van der Waals surface area contributed by atoms with Crippen molar-refractivity contribution in [1.29, 1.82) is 0 Å². The lowest BCUT2D eigenvalue weighted by molar-refractivity contribution is -0.128. The van der Waals surface area contributed by atoms with Gasteiger partial charge in [0, 0.05) is 69.1 Å². The third-order valence-corrected chi connectivity index (χ3v) is 29.2. The summed E-state index contributed by atoms with van der Waals surface area (Å²) in [6.07, 6.45) is 23.7. The SMILES string of the molecule is CC(NC(=O)C1CCCc2c1nn(Cc1ccccc1)c2-c1ccc(Cl)cc1)C12CC3CC(CC(C3)C1)C2.COc1ccc(-n2nc3c(c2-c2ccc(C)cc2)CCCC3C(=O)N[C@H]2C3(C)CCC(C3)C2(C)C)cc1.COc1ccc(-n2nc3c(c2-c2ccc(C)cc2)CCCC3C(=O)N[C@H]2C3CCC(C3)[C@H]2CO)cc1. The van der Waals surface area contributed by atoms with E-state index in [1.54, 1.807) is 14.2 Å². The van der Waals surface area contributed by atoms with Crippen LogP contribution in [0.1, 0.15) is 211 Å². The number of aliphatic hydroxyl groups is 1. The van der Waals surface area contributed by atoms with E-state index in [9.17, 15) is 19.5 Å². The standard InChI is InChI=1S/C33H38ClN3O.C32H39N3O2.C30H35N3O3/c1-21(33-17-23-14-24(18-33)16-25(15-23)19-33)35-32(38)29-9-5-8-28-30(29)36-37(20-22-6-3-2-4-7-22)31(28)26-10-12-27(34)13-11-26;1-20-9-11-21(12-10-20)28-25-7-6-8-26(27(25)34-35(28)23-13-15-24(37-5)16-14-23)29(36)33-30-31(2,3)22-17-18-32(30,4)19-22;1-18-6-8-19(9-7-18)29-24-4-3-5-25(28(24)32-33(29)22-12-14-23(36-2)15-13-22)30(35)31-27-21-11-10-20(16-21)26(27)17-34/h2-4,6-7,10-13,21,23-25,29H,5,8-9,14-20H2,1H3,(H,35,38);9-16,22,26,30H,6-8,17-19H2,1-5H3,(H,33,36);6-9,12-15,20-21,25-27,34H,3-5,10-11,16-17H2,1-2H3,(H,31,35)/t;22?,26?,30-,32?;20?,21?,25?,26-,27+/m.11/s1. The molecule has 3 heterocycles. The lowest BCUT2D eigenvalue weighted by Gasteiger charge is -2.59. The number of amides is 3. The van der Waals surface area contributed by atoms with E-state index in [0.717, 1.165) is 167 Å². The van der Waals surface area contributed by atoms with Crippen molar-refractivity contribution in [3.8, 4) is 56.6 Å². The summed E-state index contributed by atoms with van der Waals surface area (Å²) >= 11 is 6.24. The van der Waals surface area contributed by atoms with E-state index in [1.165, 1.54) is 97.6 Å². The van der Waals surface area contributed by atoms with Gasteiger partial charge in [-0.25, -0.2) is 9.36 Å². The molecule has 0 radical (unpaired) electrons. The number of rotatable bonds is 17. The van der Waals surface area contributed by atoms with Crippen molar-refractivity contribution in [2.45, 2.75) is 219 Å². The number of methoxy groups -OCH3 is 2. The van der Waals surface area contributed by atoms with Crippen molar-refractivity contribution < 1.29 is 29.0 Å². The van der Waals surface area contributed by atoms with Crippen LogP contribution in [0.25, 0.3) is 45.1 Å². The number of benzene rings is 6. The lowest BCUT2D eigenvalue weighted by Crippen LogP contribution is -2.56. The Morgan fingerprint density at radius 2 is 1.01 bits per heavy atom. The van der Waals surface area contributed by atoms with Crippen LogP contribution >= 0.6 is 11.6 Å². The highest BCUT2D eigenvalue weighted by atomic mass is 35.5. The van der Waals surface area contributed by atoms with Crippen LogP contribution in [0.15, 0.2) is 152 Å². The maximum Gasteiger partial charge on any atom is 0.229 e. The second-order valence-corrected chi connectivity index (χ2v) is 36.6. The summed E-state index contributed by atoms with van der Waals surface area (Å²) in [5.41, 5.74) is 19.3. The summed E-state index contributed by atoms with van der Waals surface area (Å²) in [6.45, 7) is 14.4. The average Bonchev–Trinajstić information content (AvgIpc) is 1.64. The molecule has 6 aromatic carbocycles. The number of aliphatic hydroxyl groups excluding tert-OH is 1. The molecule has 0 aliphatic heterocycles. The molecule has 16 heteroatoms. The van der Waals surface area contributed by atoms with Crippen LogP contribution in [0.5, 0.6) is 11.5 Å². The van der Waals surface area contributed by atoms with Gasteiger partial charge < -0.3 is 30.5 Å². The quantitative estimate of drug-likeness (QED) is 0.0690. The van der Waals surface area contributed by atoms with Gasteiger partial charge in [-0.2, -0.15) is 15.3 Å². The minimum absolute atomic E-state index is 0.0711. The summed E-state index contributed by atoms with van der Waals surface area (Å²) in [4.78, 5) is 41.6. The molecule has 15 nitrogen and oxygen atoms in total. The molecular weight excluding hydrogens is 1400 g/mol. The maximum absolute atomic E-state index is 14.0. The molecular formula is C95H112ClN9O6. The van der Waals surface area contributed by atoms with Crippen LogP contribution in [0.2, 0.25) is 5.02 Å². The van der Waals surface area contributed by atoms with Gasteiger partial charge in [0.1, 0.15) is 11.5 Å². The number of aryl methyl sites for hydroxylation is 2. The number of aromatic nitrogens is 6. The van der Waals surface area contributed by atoms with Gasteiger partial charge >= 0.3 is 0 Å². The molecule has 8 fully saturated rings. The van der Waals surface area contributed by atoms with Gasteiger partial charge in [0.15, 0.2) is 0 Å². The van der Waals surface area contributed by atoms with Crippen LogP contribution in [0, 0.1) is 71.5 Å². The van der Waals surface area contributed by atoms with Gasteiger partial charge in [0.05, 0.1) is 84.1 Å². The first-order valence-corrected chi connectivity index (χ1v) is 42.2. The number of hydrogen-bond acceptors (Lipinski definition) is 9. The minimum atomic E-state index is -0.268. The summed E-state index contributed by atoms with van der Waals surface area (Å²) < 4.78 is 16.9. The number of ether oxygens (including phenoxy) is 2. The number of nitrogens with one attached hydrogen (secondary N) is 3. The number of fused-ring (bicyclic) bond motifs is 7. The van der Waals surface area contributed by atoms with Gasteiger partial charge in [0.25, 0.3) is 0 Å². The lowest BCUT2D eigenvalue weighted by atomic mass is 9.48. The Balaban J connectivity index is 0.000000121. The van der Waals surface area contributed by atoms with E-state index >= 15 is 0 Å². The van der Waals surface area contributed by atoms with Crippen LogP contribution in [0.3, 0.4) is 0 Å². The number of nitrogens with zero attached hydrogens (tertiary/aromatic N) is 6. The molecule has 0 saturated heterocycles. The molecule has 9 aromatic rings. The molecule has 8 bridgehead atoms. The Hall–Kier alpha value is -8.79. The molecule has 20 rings (SSSR count). The van der Waals surface area contributed by atoms with Crippen molar-refractivity contribution in [1.82, 2.24) is 45.3 Å². The van der Waals surface area contributed by atoms with E-state index in [2.05, 4.69) is 147 Å². The molecule has 11 atom stereocenters. The highest BCUT2D eigenvalue weighted by molar-refractivity contribution is 6.30. The topological polar surface area (TPSA) is 179 Å². The molecule has 8 unspecified atom stereocenters. The average molecular weight is 1510 g/mol. The molecule has 111 heavy (non-hydrogen) atoms. The van der Waals surface area contributed by atoms with Crippen LogP contribution < -0.4 is 25.4 Å². The molecule has 4 N–H and O–H groups in total. The molecule has 580 valence electrons. The van der Waals surface area contributed by atoms with Gasteiger partial charge in [0.2, 0.25) is 17.7 Å². The van der Waals surface area contributed by atoms with Crippen molar-refractivity contribution in [3.63, 3.8) is 0 Å². The summed E-state index contributed by atoms with van der Waals surface area (Å²) in [5, 5.41) is 36.7. The zero-order valence-electron chi connectivity index (χ0n) is 66.3. The number of carbonyl (C=O) groups excluding carboxylic acids is 3. The Kier molecular flexibility index (Phi) is 20.7. The fourth-order valence-corrected chi connectivity index (χ4v) is 23.7. The van der Waals surface area contributed by atoms with E-state index in [-0.39, 0.29) is 77.0 Å². The maximum atomic E-state index is 14.0. The first-order chi connectivity index (χ1) is 53.7. The van der Waals surface area contributed by atoms with E-state index < -0.39 is 0 Å². The molecule has 0 spiro atoms. The van der Waals surface area contributed by atoms with Crippen LogP contribution in [0.4, 0.5) is 0 Å². The summed E-state index contributed by atoms with van der Waals surface area (Å²) in [6, 6.07) is 52.2. The van der Waals surface area contributed by atoms with Crippen molar-refractivity contribution in [2.75, 3.05) is 20.8 Å². The predicted molar refractivity (Wildman–Crippen MR) is 439 cm³/mol. The number of hydrogen-bond donors (Lipinski definition) is 4. The molecule has 11 aliphatic carbocycles. The van der Waals surface area contributed by atoms with Crippen molar-refractivity contribution in [3.05, 3.63) is 207 Å². The van der Waals surface area contributed by atoms with Crippen LogP contribution in [-0.4, -0.2) is 91.1 Å². The normalized spacial score (nSPS) is 28.2. The van der Waals surface area contributed by atoms with Crippen LogP contribution in [-0.2, 0) is 40.2 Å². The highest BCUT2D eigenvalue weighted by Crippen LogP contribution is 2.64. The predicted octanol–water partition coefficient (Wildman–Crippen LogP) is 18.8. The van der Waals surface area contributed by atoms with Gasteiger partial charge in [-0.1, -0.05) is 134 Å².